The Morgan fingerprint density at radius 1 is 2.00 bits per heavy atom. The van der Waals surface area contributed by atoms with Crippen LogP contribution in [0.15, 0.2) is 12.4 Å². The van der Waals surface area contributed by atoms with E-state index in [1.54, 1.807) is 0 Å². The van der Waals surface area contributed by atoms with Crippen molar-refractivity contribution in [1.82, 2.24) is 15.0 Å². The van der Waals surface area contributed by atoms with Crippen LogP contribution in [-0.2, 0) is 6.50 Å². The van der Waals surface area contributed by atoms with Gasteiger partial charge in [-0.15, -0.1) is 5.10 Å². The van der Waals surface area contributed by atoms with E-state index in [1.807, 2.05) is 0 Å². The Hall–Kier alpha value is -0.860. The third-order valence-corrected chi connectivity index (χ3v) is 0.652. The molecule has 1 aromatic heterocycles. The number of rotatable bonds is 1. The Morgan fingerprint density at radius 3 is 3.14 bits per heavy atom. The highest BCUT2D eigenvalue weighted by Crippen LogP contribution is 1.75. The third-order valence-electron chi connectivity index (χ3n) is 0.652. The topological polar surface area (TPSA) is 30.7 Å². The van der Waals surface area contributed by atoms with E-state index >= 15 is 0 Å². The maximum absolute atomic E-state index is 7.12. The van der Waals surface area contributed by atoms with Crippen LogP contribution in [0.5, 0.6) is 0 Å². The van der Waals surface area contributed by atoms with Gasteiger partial charge in [0.25, 0.3) is 0 Å². The van der Waals surface area contributed by atoms with Gasteiger partial charge >= 0.3 is 0 Å². The van der Waals surface area contributed by atoms with E-state index in [4.69, 9.17) is 2.74 Å². The molecule has 38 valence electrons. The molecule has 0 aliphatic heterocycles. The van der Waals surface area contributed by atoms with Gasteiger partial charge in [0, 0.05) is 12.7 Å². The van der Waals surface area contributed by atoms with E-state index in [1.165, 1.54) is 19.3 Å². The zero-order valence-corrected chi connectivity index (χ0v) is 4.00. The van der Waals surface area contributed by atoms with E-state index in [-0.39, 0.29) is 0 Å². The van der Waals surface area contributed by atoms with Crippen molar-refractivity contribution in [2.45, 2.75) is 13.4 Å². The van der Waals surface area contributed by atoms with E-state index in [0.717, 1.165) is 4.68 Å². The minimum absolute atomic E-state index is 1.16. The summed E-state index contributed by atoms with van der Waals surface area (Å²) < 4.78 is 15.4. The second-order valence-corrected chi connectivity index (χ2v) is 1.07. The lowest BCUT2D eigenvalue weighted by molar-refractivity contribution is 0.627. The van der Waals surface area contributed by atoms with Crippen LogP contribution >= 0.6 is 0 Å². The molecule has 0 saturated carbocycles. The normalized spacial score (nSPS) is 15.6. The SMILES string of the molecule is [2H]C([2H])(C)n1ccnn1. The summed E-state index contributed by atoms with van der Waals surface area (Å²) in [5.74, 6) is 0. The maximum Gasteiger partial charge on any atom is 0.0692 e. The van der Waals surface area contributed by atoms with Gasteiger partial charge in [0.2, 0.25) is 0 Å². The van der Waals surface area contributed by atoms with Crippen LogP contribution in [0.25, 0.3) is 0 Å². The van der Waals surface area contributed by atoms with E-state index in [9.17, 15) is 0 Å². The zero-order chi connectivity index (χ0) is 6.91. The van der Waals surface area contributed by atoms with Gasteiger partial charge in [-0.1, -0.05) is 5.21 Å². The highest BCUT2D eigenvalue weighted by molar-refractivity contribution is 4.61. The molecule has 0 aliphatic carbocycles. The maximum atomic E-state index is 7.12. The largest absolute Gasteiger partial charge is 0.253 e. The van der Waals surface area contributed by atoms with Crippen molar-refractivity contribution in [2.24, 2.45) is 0 Å². The predicted molar refractivity (Wildman–Crippen MR) is 25.7 cm³/mol. The highest BCUT2D eigenvalue weighted by atomic mass is 15.4. The molecule has 0 atom stereocenters. The summed E-state index contributed by atoms with van der Waals surface area (Å²) in [4.78, 5) is 0. The summed E-state index contributed by atoms with van der Waals surface area (Å²) in [6, 6.07) is 0. The first-order chi connectivity index (χ1) is 4.11. The Labute approximate surface area is 44.8 Å². The molecule has 0 aliphatic rings. The van der Waals surface area contributed by atoms with Gasteiger partial charge in [0.1, 0.15) is 0 Å². The van der Waals surface area contributed by atoms with Crippen LogP contribution in [0.3, 0.4) is 0 Å². The molecule has 0 bridgehead atoms. The molecule has 0 amide bonds. The summed E-state index contributed by atoms with van der Waals surface area (Å²) in [7, 11) is 0. The van der Waals surface area contributed by atoms with E-state index in [2.05, 4.69) is 10.3 Å². The number of hydrogen-bond donors (Lipinski definition) is 0. The van der Waals surface area contributed by atoms with Crippen LogP contribution in [0, 0.1) is 0 Å². The van der Waals surface area contributed by atoms with Crippen LogP contribution in [0.4, 0.5) is 0 Å². The molecule has 0 saturated heterocycles. The van der Waals surface area contributed by atoms with Crippen LogP contribution < -0.4 is 0 Å². The van der Waals surface area contributed by atoms with Gasteiger partial charge in [0.15, 0.2) is 0 Å². The van der Waals surface area contributed by atoms with Gasteiger partial charge in [-0.3, -0.25) is 4.68 Å². The first-order valence-corrected chi connectivity index (χ1v) is 1.97. The summed E-state index contributed by atoms with van der Waals surface area (Å²) in [6.45, 7) is -0.0157. The lowest BCUT2D eigenvalue weighted by Crippen LogP contribution is -1.92. The molecule has 0 spiro atoms. The van der Waals surface area contributed by atoms with Gasteiger partial charge in [-0.2, -0.15) is 0 Å². The molecular formula is C4H7N3. The highest BCUT2D eigenvalue weighted by Gasteiger charge is 1.78. The standard InChI is InChI=1S/C4H7N3/c1-2-7-4-3-5-6-7/h3-4H,2H2,1H3/i2D2. The van der Waals surface area contributed by atoms with Gasteiger partial charge in [-0.25, -0.2) is 0 Å². The predicted octanol–water partition coefficient (Wildman–Crippen LogP) is 0.298. The lowest BCUT2D eigenvalue weighted by atomic mass is 10.7. The average Bonchev–Trinajstić information content (AvgIpc) is 2.08. The van der Waals surface area contributed by atoms with Crippen molar-refractivity contribution < 1.29 is 2.74 Å². The number of nitrogens with zero attached hydrogens (tertiary/aromatic N) is 3. The van der Waals surface area contributed by atoms with Crippen molar-refractivity contribution in [3.05, 3.63) is 12.4 Å². The molecule has 1 aromatic rings. The zero-order valence-electron chi connectivity index (χ0n) is 6.00. The molecule has 0 N–H and O–H groups in total. The van der Waals surface area contributed by atoms with Gasteiger partial charge < -0.3 is 0 Å². The Balaban J connectivity index is 2.90. The second kappa shape index (κ2) is 1.73. The Morgan fingerprint density at radius 2 is 2.86 bits per heavy atom. The molecule has 0 fully saturated rings. The number of hydrogen-bond acceptors (Lipinski definition) is 2. The monoisotopic (exact) mass is 99.1 g/mol. The molecule has 1 rings (SSSR count). The Kier molecular flexibility index (Phi) is 0.604. The summed E-state index contributed by atoms with van der Waals surface area (Å²) in [5, 5.41) is 6.94. The van der Waals surface area contributed by atoms with Crippen LogP contribution in [0.1, 0.15) is 9.67 Å². The first kappa shape index (κ1) is 2.45. The molecule has 0 aromatic carbocycles. The summed E-state index contributed by atoms with van der Waals surface area (Å²) >= 11 is 0. The van der Waals surface area contributed by atoms with Gasteiger partial charge in [-0.05, 0) is 6.92 Å². The molecule has 1 heterocycles. The number of aromatic nitrogens is 3. The molecule has 0 radical (unpaired) electrons. The van der Waals surface area contributed by atoms with Gasteiger partial charge in [0.05, 0.1) is 8.94 Å². The lowest BCUT2D eigenvalue weighted by Gasteiger charge is -1.85. The summed E-state index contributed by atoms with van der Waals surface area (Å²) in [6.07, 6.45) is 2.93. The first-order valence-electron chi connectivity index (χ1n) is 2.97. The molecule has 3 nitrogen and oxygen atoms in total. The van der Waals surface area contributed by atoms with Crippen molar-refractivity contribution in [3.8, 4) is 0 Å². The quantitative estimate of drug-likeness (QED) is 0.507. The van der Waals surface area contributed by atoms with Crippen LogP contribution in [-0.4, -0.2) is 15.0 Å². The molecule has 7 heavy (non-hydrogen) atoms. The Bertz CT molecular complexity index is 176. The fraction of sp³-hybridized carbons (Fsp3) is 0.500. The number of aryl methyl sites for hydroxylation is 1. The van der Waals surface area contributed by atoms with Crippen molar-refractivity contribution >= 4 is 0 Å². The van der Waals surface area contributed by atoms with Crippen molar-refractivity contribution in [2.75, 3.05) is 0 Å². The minimum Gasteiger partial charge on any atom is -0.253 e. The minimum atomic E-state index is -1.43. The second-order valence-electron chi connectivity index (χ2n) is 1.07. The van der Waals surface area contributed by atoms with E-state index in [0.29, 0.717) is 0 Å². The van der Waals surface area contributed by atoms with E-state index < -0.39 is 6.50 Å². The van der Waals surface area contributed by atoms with Crippen LogP contribution in [0.2, 0.25) is 0 Å². The smallest absolute Gasteiger partial charge is 0.0692 e. The molecular weight excluding hydrogens is 90.1 g/mol. The average molecular weight is 99.1 g/mol. The molecule has 3 heteroatoms. The fourth-order valence-corrected chi connectivity index (χ4v) is 0.327. The third kappa shape index (κ3) is 0.765. The fourth-order valence-electron chi connectivity index (χ4n) is 0.327. The summed E-state index contributed by atoms with van der Waals surface area (Å²) in [5.41, 5.74) is 0. The van der Waals surface area contributed by atoms with Crippen molar-refractivity contribution in [3.63, 3.8) is 0 Å². The van der Waals surface area contributed by atoms with Crippen molar-refractivity contribution in [1.29, 1.82) is 0 Å². The molecule has 0 unspecified atom stereocenters.